The SMILES string of the molecule is CCc1cc(Cl)cc(C)c1C(=O)NC(Cc1ccc(N2CCC(CNC3=NC(=O)CCN3)CC2)cc1)C(=O)O. The summed E-state index contributed by atoms with van der Waals surface area (Å²) in [6, 6.07) is 10.3. The first-order valence-corrected chi connectivity index (χ1v) is 13.9. The summed E-state index contributed by atoms with van der Waals surface area (Å²) in [6.45, 7) is 6.98. The van der Waals surface area contributed by atoms with Crippen molar-refractivity contribution in [3.05, 3.63) is 63.7 Å². The maximum absolute atomic E-state index is 13.0. The second kappa shape index (κ2) is 13.0. The lowest BCUT2D eigenvalue weighted by atomic mass is 9.96. The van der Waals surface area contributed by atoms with Crippen LogP contribution in [0.25, 0.3) is 0 Å². The zero-order valence-electron chi connectivity index (χ0n) is 22.4. The van der Waals surface area contributed by atoms with Gasteiger partial charge in [-0.2, -0.15) is 4.99 Å². The van der Waals surface area contributed by atoms with E-state index in [-0.39, 0.29) is 12.3 Å². The molecule has 2 heterocycles. The topological polar surface area (TPSA) is 123 Å². The first-order chi connectivity index (χ1) is 18.7. The fraction of sp³-hybridized carbons (Fsp3) is 0.448. The third-order valence-electron chi connectivity index (χ3n) is 7.38. The van der Waals surface area contributed by atoms with Crippen molar-refractivity contribution in [2.75, 3.05) is 31.1 Å². The number of rotatable bonds is 9. The molecule has 4 N–H and O–H groups in total. The van der Waals surface area contributed by atoms with Crippen molar-refractivity contribution in [1.29, 1.82) is 0 Å². The van der Waals surface area contributed by atoms with Crippen LogP contribution in [0, 0.1) is 12.8 Å². The maximum atomic E-state index is 13.0. The minimum atomic E-state index is -1.08. The van der Waals surface area contributed by atoms with Crippen LogP contribution in [0.4, 0.5) is 5.69 Å². The smallest absolute Gasteiger partial charge is 0.326 e. The van der Waals surface area contributed by atoms with Crippen LogP contribution < -0.4 is 20.9 Å². The van der Waals surface area contributed by atoms with Gasteiger partial charge in [0.15, 0.2) is 5.96 Å². The van der Waals surface area contributed by atoms with Gasteiger partial charge in [-0.1, -0.05) is 30.7 Å². The van der Waals surface area contributed by atoms with E-state index in [0.717, 1.165) is 54.9 Å². The van der Waals surface area contributed by atoms with Gasteiger partial charge >= 0.3 is 5.97 Å². The number of benzene rings is 2. The number of hydrogen-bond donors (Lipinski definition) is 4. The molecule has 1 atom stereocenters. The summed E-state index contributed by atoms with van der Waals surface area (Å²) in [5, 5.41) is 19.5. The quantitative estimate of drug-likeness (QED) is 0.375. The Kier molecular flexibility index (Phi) is 9.45. The number of aliphatic carboxylic acids is 1. The number of nitrogens with one attached hydrogen (secondary N) is 3. The number of carbonyl (C=O) groups is 3. The van der Waals surface area contributed by atoms with E-state index in [9.17, 15) is 19.5 Å². The number of anilines is 1. The summed E-state index contributed by atoms with van der Waals surface area (Å²) < 4.78 is 0. The van der Waals surface area contributed by atoms with Gasteiger partial charge in [-0.05, 0) is 73.1 Å². The van der Waals surface area contributed by atoms with E-state index in [0.29, 0.717) is 41.8 Å². The van der Waals surface area contributed by atoms with Crippen LogP contribution in [-0.2, 0) is 22.4 Å². The summed E-state index contributed by atoms with van der Waals surface area (Å²) in [4.78, 5) is 42.8. The fourth-order valence-corrected chi connectivity index (χ4v) is 5.47. The predicted molar refractivity (Wildman–Crippen MR) is 153 cm³/mol. The van der Waals surface area contributed by atoms with Crippen LogP contribution in [0.5, 0.6) is 0 Å². The van der Waals surface area contributed by atoms with Crippen LogP contribution in [0.2, 0.25) is 5.02 Å². The normalized spacial score (nSPS) is 16.7. The zero-order chi connectivity index (χ0) is 27.9. The molecule has 0 aromatic heterocycles. The highest BCUT2D eigenvalue weighted by molar-refractivity contribution is 6.30. The van der Waals surface area contributed by atoms with Crippen LogP contribution in [-0.4, -0.2) is 61.1 Å². The molecule has 0 saturated carbocycles. The van der Waals surface area contributed by atoms with E-state index in [1.807, 2.05) is 31.2 Å². The minimum Gasteiger partial charge on any atom is -0.480 e. The number of halogens is 1. The molecule has 1 saturated heterocycles. The summed E-state index contributed by atoms with van der Waals surface area (Å²) in [5.41, 5.74) is 3.93. The first-order valence-electron chi connectivity index (χ1n) is 13.5. The molecule has 0 aliphatic carbocycles. The van der Waals surface area contributed by atoms with Gasteiger partial charge in [0.05, 0.1) is 0 Å². The van der Waals surface area contributed by atoms with Gasteiger partial charge in [-0.3, -0.25) is 9.59 Å². The van der Waals surface area contributed by atoms with Gasteiger partial charge in [0.25, 0.3) is 11.8 Å². The highest BCUT2D eigenvalue weighted by atomic mass is 35.5. The van der Waals surface area contributed by atoms with Gasteiger partial charge in [-0.15, -0.1) is 0 Å². The van der Waals surface area contributed by atoms with E-state index in [2.05, 4.69) is 25.8 Å². The number of carboxylic acid groups (broad SMARTS) is 1. The van der Waals surface area contributed by atoms with Crippen molar-refractivity contribution in [2.24, 2.45) is 10.9 Å². The predicted octanol–water partition coefficient (Wildman–Crippen LogP) is 3.32. The van der Waals surface area contributed by atoms with Crippen LogP contribution in [0.3, 0.4) is 0 Å². The molecule has 1 unspecified atom stereocenters. The zero-order valence-corrected chi connectivity index (χ0v) is 23.2. The summed E-state index contributed by atoms with van der Waals surface area (Å²) in [7, 11) is 0. The Morgan fingerprint density at radius 2 is 1.92 bits per heavy atom. The number of aryl methyl sites for hydroxylation is 2. The summed E-state index contributed by atoms with van der Waals surface area (Å²) in [6.07, 6.45) is 3.28. The number of hydrogen-bond acceptors (Lipinski definition) is 6. The third-order valence-corrected chi connectivity index (χ3v) is 7.59. The van der Waals surface area contributed by atoms with E-state index in [1.165, 1.54) is 0 Å². The number of aliphatic imine (C=N–C) groups is 1. The second-order valence-corrected chi connectivity index (χ2v) is 10.6. The van der Waals surface area contributed by atoms with Crippen molar-refractivity contribution in [3.63, 3.8) is 0 Å². The highest BCUT2D eigenvalue weighted by Gasteiger charge is 2.24. The van der Waals surface area contributed by atoms with Crippen molar-refractivity contribution in [2.45, 2.75) is 52.0 Å². The van der Waals surface area contributed by atoms with Gasteiger partial charge in [0.2, 0.25) is 0 Å². The van der Waals surface area contributed by atoms with Gasteiger partial charge in [0.1, 0.15) is 6.04 Å². The average Bonchev–Trinajstić information content (AvgIpc) is 2.91. The second-order valence-electron chi connectivity index (χ2n) is 10.2. The number of amides is 2. The molecule has 39 heavy (non-hydrogen) atoms. The molecule has 2 amide bonds. The average molecular weight is 554 g/mol. The Balaban J connectivity index is 1.31. The third kappa shape index (κ3) is 7.50. The van der Waals surface area contributed by atoms with Crippen LogP contribution in [0.15, 0.2) is 41.4 Å². The van der Waals surface area contributed by atoms with Gasteiger partial charge in [-0.25, -0.2) is 4.79 Å². The maximum Gasteiger partial charge on any atom is 0.326 e. The molecule has 4 rings (SSSR count). The molecule has 2 aromatic carbocycles. The van der Waals surface area contributed by atoms with E-state index in [4.69, 9.17) is 11.6 Å². The molecule has 10 heteroatoms. The van der Waals surface area contributed by atoms with E-state index < -0.39 is 17.9 Å². The first kappa shape index (κ1) is 28.4. The Labute approximate surface area is 234 Å². The minimum absolute atomic E-state index is 0.0890. The Bertz CT molecular complexity index is 1240. The Hall–Kier alpha value is -3.59. The molecule has 2 aliphatic heterocycles. The largest absolute Gasteiger partial charge is 0.480 e. The molecule has 2 aliphatic rings. The number of carboxylic acids is 1. The number of nitrogens with zero attached hydrogens (tertiary/aromatic N) is 2. The summed E-state index contributed by atoms with van der Waals surface area (Å²) in [5.74, 6) is -0.491. The lowest BCUT2D eigenvalue weighted by Crippen LogP contribution is -2.45. The van der Waals surface area contributed by atoms with E-state index in [1.54, 1.807) is 19.1 Å². The molecular weight excluding hydrogens is 518 g/mol. The molecule has 9 nitrogen and oxygen atoms in total. The molecular formula is C29H36ClN5O4. The number of carbonyl (C=O) groups excluding carboxylic acids is 2. The van der Waals surface area contributed by atoms with Crippen LogP contribution in [0.1, 0.15) is 53.2 Å². The molecule has 208 valence electrons. The molecule has 1 fully saturated rings. The number of guanidine groups is 1. The Morgan fingerprint density at radius 3 is 2.56 bits per heavy atom. The lowest BCUT2D eigenvalue weighted by Gasteiger charge is -2.34. The summed E-state index contributed by atoms with van der Waals surface area (Å²) >= 11 is 6.14. The van der Waals surface area contributed by atoms with Gasteiger partial charge < -0.3 is 26.0 Å². The standard InChI is InChI=1S/C29H36ClN5O4/c1-3-21-16-22(30)14-18(2)26(21)27(37)33-24(28(38)39)15-19-4-6-23(7-5-19)35-12-9-20(10-13-35)17-32-29-31-11-8-25(36)34-29/h4-7,14,16,20,24H,3,8-13,15,17H2,1-2H3,(H,33,37)(H,38,39)(H2,31,32,34,36). The highest BCUT2D eigenvalue weighted by Crippen LogP contribution is 2.24. The van der Waals surface area contributed by atoms with Crippen molar-refractivity contribution >= 4 is 41.0 Å². The molecule has 0 bridgehead atoms. The number of piperidine rings is 1. The Morgan fingerprint density at radius 1 is 1.21 bits per heavy atom. The van der Waals surface area contributed by atoms with Crippen molar-refractivity contribution in [3.8, 4) is 0 Å². The van der Waals surface area contributed by atoms with E-state index >= 15 is 0 Å². The van der Waals surface area contributed by atoms with Crippen LogP contribution >= 0.6 is 11.6 Å². The lowest BCUT2D eigenvalue weighted by molar-refractivity contribution is -0.139. The van der Waals surface area contributed by atoms with Crippen molar-refractivity contribution in [1.82, 2.24) is 16.0 Å². The fourth-order valence-electron chi connectivity index (χ4n) is 5.17. The molecule has 0 spiro atoms. The monoisotopic (exact) mass is 553 g/mol. The van der Waals surface area contributed by atoms with Crippen molar-refractivity contribution < 1.29 is 19.5 Å². The molecule has 2 aromatic rings. The van der Waals surface area contributed by atoms with Gasteiger partial charge in [0, 0.05) is 55.3 Å². The molecule has 0 radical (unpaired) electrons.